The molecule has 2 rings (SSSR count). The molecule has 2 nitrogen and oxygen atoms in total. The van der Waals surface area contributed by atoms with Crippen molar-refractivity contribution in [1.82, 2.24) is 10.2 Å². The van der Waals surface area contributed by atoms with Gasteiger partial charge in [0.1, 0.15) is 0 Å². The van der Waals surface area contributed by atoms with Gasteiger partial charge in [0.2, 0.25) is 0 Å². The zero-order valence-electron chi connectivity index (χ0n) is 12.5. The summed E-state index contributed by atoms with van der Waals surface area (Å²) in [7, 11) is 0. The molecule has 0 aliphatic heterocycles. The summed E-state index contributed by atoms with van der Waals surface area (Å²) in [4.78, 5) is 2.66. The number of rotatable bonds is 8. The van der Waals surface area contributed by atoms with Gasteiger partial charge in [-0.25, -0.2) is 0 Å². The maximum absolute atomic E-state index is 3.69. The molecule has 0 atom stereocenters. The van der Waals surface area contributed by atoms with Crippen molar-refractivity contribution in [2.45, 2.75) is 64.8 Å². The van der Waals surface area contributed by atoms with E-state index in [9.17, 15) is 0 Å². The van der Waals surface area contributed by atoms with Crippen molar-refractivity contribution in [3.8, 4) is 0 Å². The molecule has 0 radical (unpaired) electrons. The van der Waals surface area contributed by atoms with E-state index < -0.39 is 0 Å². The molecule has 0 spiro atoms. The van der Waals surface area contributed by atoms with Gasteiger partial charge in [-0.3, -0.25) is 4.90 Å². The third-order valence-electron chi connectivity index (χ3n) is 4.65. The van der Waals surface area contributed by atoms with Gasteiger partial charge in [0.15, 0.2) is 0 Å². The molecule has 18 heavy (non-hydrogen) atoms. The van der Waals surface area contributed by atoms with Crippen LogP contribution in [-0.4, -0.2) is 37.1 Å². The van der Waals surface area contributed by atoms with Crippen molar-refractivity contribution in [2.75, 3.05) is 26.2 Å². The van der Waals surface area contributed by atoms with Crippen molar-refractivity contribution in [3.05, 3.63) is 0 Å². The monoisotopic (exact) mass is 252 g/mol. The Bertz CT molecular complexity index is 217. The summed E-state index contributed by atoms with van der Waals surface area (Å²) in [6, 6.07) is 0.710. The first-order chi connectivity index (χ1) is 8.75. The minimum atomic E-state index is 0.710. The van der Waals surface area contributed by atoms with Crippen LogP contribution in [0, 0.1) is 11.8 Å². The molecule has 1 N–H and O–H groups in total. The van der Waals surface area contributed by atoms with Crippen LogP contribution in [0.4, 0.5) is 0 Å². The zero-order valence-corrected chi connectivity index (χ0v) is 12.5. The first kappa shape index (κ1) is 14.3. The van der Waals surface area contributed by atoms with E-state index >= 15 is 0 Å². The highest BCUT2D eigenvalue weighted by molar-refractivity contribution is 4.79. The van der Waals surface area contributed by atoms with Crippen LogP contribution in [0.2, 0.25) is 0 Å². The molecule has 2 saturated carbocycles. The molecule has 0 saturated heterocycles. The molecule has 2 aliphatic rings. The molecular weight excluding hydrogens is 220 g/mol. The summed E-state index contributed by atoms with van der Waals surface area (Å²) in [5.41, 5.74) is 0. The lowest BCUT2D eigenvalue weighted by molar-refractivity contribution is 0.210. The van der Waals surface area contributed by atoms with Crippen molar-refractivity contribution in [3.63, 3.8) is 0 Å². The standard InChI is InChI=1S/C16H32N2/c1-14(2)18(13-16-8-9-16)11-10-17-12-15-6-4-3-5-7-15/h14-17H,3-13H2,1-2H3. The maximum atomic E-state index is 3.69. The van der Waals surface area contributed by atoms with Crippen LogP contribution in [0.5, 0.6) is 0 Å². The normalized spacial score (nSPS) is 22.0. The van der Waals surface area contributed by atoms with Gasteiger partial charge in [-0.2, -0.15) is 0 Å². The van der Waals surface area contributed by atoms with Crippen LogP contribution in [0.15, 0.2) is 0 Å². The van der Waals surface area contributed by atoms with Crippen LogP contribution in [0.3, 0.4) is 0 Å². The van der Waals surface area contributed by atoms with E-state index in [-0.39, 0.29) is 0 Å². The molecule has 0 unspecified atom stereocenters. The van der Waals surface area contributed by atoms with Crippen LogP contribution in [0.1, 0.15) is 58.8 Å². The Labute approximate surface area is 114 Å². The predicted molar refractivity (Wildman–Crippen MR) is 78.9 cm³/mol. The van der Waals surface area contributed by atoms with E-state index in [1.165, 1.54) is 71.1 Å². The second-order valence-electron chi connectivity index (χ2n) is 6.74. The van der Waals surface area contributed by atoms with Crippen molar-refractivity contribution in [1.29, 1.82) is 0 Å². The summed E-state index contributed by atoms with van der Waals surface area (Å²) < 4.78 is 0. The first-order valence-electron chi connectivity index (χ1n) is 8.20. The highest BCUT2D eigenvalue weighted by atomic mass is 15.2. The largest absolute Gasteiger partial charge is 0.315 e. The molecule has 2 aliphatic carbocycles. The average molecular weight is 252 g/mol. The van der Waals surface area contributed by atoms with E-state index in [1.807, 2.05) is 0 Å². The van der Waals surface area contributed by atoms with Gasteiger partial charge in [-0.05, 0) is 57.9 Å². The number of nitrogens with one attached hydrogen (secondary N) is 1. The molecule has 0 heterocycles. The lowest BCUT2D eigenvalue weighted by Gasteiger charge is -2.27. The number of hydrogen-bond acceptors (Lipinski definition) is 2. The molecule has 0 aromatic rings. The number of hydrogen-bond donors (Lipinski definition) is 1. The fourth-order valence-electron chi connectivity index (χ4n) is 3.11. The fourth-order valence-corrected chi connectivity index (χ4v) is 3.11. The van der Waals surface area contributed by atoms with Gasteiger partial charge < -0.3 is 5.32 Å². The van der Waals surface area contributed by atoms with Gasteiger partial charge in [0, 0.05) is 25.7 Å². The Morgan fingerprint density at radius 2 is 1.72 bits per heavy atom. The first-order valence-corrected chi connectivity index (χ1v) is 8.20. The van der Waals surface area contributed by atoms with Gasteiger partial charge >= 0.3 is 0 Å². The zero-order chi connectivity index (χ0) is 12.8. The molecule has 2 heteroatoms. The maximum Gasteiger partial charge on any atom is 0.0110 e. The highest BCUT2D eigenvalue weighted by Gasteiger charge is 2.25. The average Bonchev–Trinajstić information content (AvgIpc) is 3.18. The van der Waals surface area contributed by atoms with Gasteiger partial charge in [0.25, 0.3) is 0 Å². The summed E-state index contributed by atoms with van der Waals surface area (Å²) in [5, 5.41) is 3.69. The minimum Gasteiger partial charge on any atom is -0.315 e. The summed E-state index contributed by atoms with van der Waals surface area (Å²) >= 11 is 0. The van der Waals surface area contributed by atoms with Crippen molar-refractivity contribution >= 4 is 0 Å². The van der Waals surface area contributed by atoms with Crippen LogP contribution in [-0.2, 0) is 0 Å². The summed E-state index contributed by atoms with van der Waals surface area (Å²) in [6.07, 6.45) is 10.3. The van der Waals surface area contributed by atoms with E-state index in [0.29, 0.717) is 6.04 Å². The van der Waals surface area contributed by atoms with E-state index in [0.717, 1.165) is 11.8 Å². The van der Waals surface area contributed by atoms with Gasteiger partial charge in [-0.15, -0.1) is 0 Å². The molecular formula is C16H32N2. The summed E-state index contributed by atoms with van der Waals surface area (Å²) in [6.45, 7) is 9.69. The van der Waals surface area contributed by atoms with Crippen molar-refractivity contribution < 1.29 is 0 Å². The fraction of sp³-hybridized carbons (Fsp3) is 1.00. The Hall–Kier alpha value is -0.0800. The lowest BCUT2D eigenvalue weighted by Crippen LogP contribution is -2.39. The quantitative estimate of drug-likeness (QED) is 0.667. The topological polar surface area (TPSA) is 15.3 Å². The van der Waals surface area contributed by atoms with Crippen molar-refractivity contribution in [2.24, 2.45) is 11.8 Å². The summed E-state index contributed by atoms with van der Waals surface area (Å²) in [5.74, 6) is 1.99. The minimum absolute atomic E-state index is 0.710. The second kappa shape index (κ2) is 7.49. The second-order valence-corrected chi connectivity index (χ2v) is 6.74. The van der Waals surface area contributed by atoms with Crippen LogP contribution < -0.4 is 5.32 Å². The Balaban J connectivity index is 1.54. The molecule has 0 aromatic carbocycles. The smallest absolute Gasteiger partial charge is 0.0110 e. The molecule has 2 fully saturated rings. The molecule has 0 aromatic heterocycles. The van der Waals surface area contributed by atoms with E-state index in [1.54, 1.807) is 0 Å². The van der Waals surface area contributed by atoms with Crippen LogP contribution >= 0.6 is 0 Å². The predicted octanol–water partition coefficient (Wildman–Crippen LogP) is 3.28. The Morgan fingerprint density at radius 3 is 2.33 bits per heavy atom. The molecule has 106 valence electrons. The molecule has 0 bridgehead atoms. The SMILES string of the molecule is CC(C)N(CCNCC1CCCCC1)CC1CC1. The highest BCUT2D eigenvalue weighted by Crippen LogP contribution is 2.30. The Kier molecular flexibility index (Phi) is 5.97. The third-order valence-corrected chi connectivity index (χ3v) is 4.65. The van der Waals surface area contributed by atoms with Gasteiger partial charge in [-0.1, -0.05) is 19.3 Å². The van der Waals surface area contributed by atoms with Crippen LogP contribution in [0.25, 0.3) is 0 Å². The number of nitrogens with zero attached hydrogens (tertiary/aromatic N) is 1. The molecule has 0 amide bonds. The third kappa shape index (κ3) is 5.27. The van der Waals surface area contributed by atoms with E-state index in [4.69, 9.17) is 0 Å². The lowest BCUT2D eigenvalue weighted by atomic mass is 9.89. The van der Waals surface area contributed by atoms with Gasteiger partial charge in [0.05, 0.1) is 0 Å². The van der Waals surface area contributed by atoms with E-state index in [2.05, 4.69) is 24.1 Å². The Morgan fingerprint density at radius 1 is 1.00 bits per heavy atom.